The molecule has 0 radical (unpaired) electrons. The highest BCUT2D eigenvalue weighted by atomic mass is 32.2. The molecule has 2 fully saturated rings. The van der Waals surface area contributed by atoms with Gasteiger partial charge >= 0.3 is 13.7 Å². The fraction of sp³-hybridized carbons (Fsp3) is 0.405. The molecule has 0 saturated carbocycles. The van der Waals surface area contributed by atoms with Gasteiger partial charge in [-0.15, -0.1) is 0 Å². The quantitative estimate of drug-likeness (QED) is 0.0512. The van der Waals surface area contributed by atoms with Crippen molar-refractivity contribution in [1.82, 2.24) is 9.62 Å². The number of rotatable bonds is 21. The van der Waals surface area contributed by atoms with Gasteiger partial charge in [-0.1, -0.05) is 92.7 Å². The zero-order chi connectivity index (χ0) is 42.7. The van der Waals surface area contributed by atoms with Gasteiger partial charge in [0.2, 0.25) is 10.0 Å². The fourth-order valence-electron chi connectivity index (χ4n) is 6.81. The van der Waals surface area contributed by atoms with E-state index in [-0.39, 0.29) is 55.9 Å². The molecular weight excluding hydrogens is 818 g/mol. The zero-order valence-corrected chi connectivity index (χ0v) is 35.0. The number of aliphatic hydroxyl groups is 1. The number of ether oxygens (including phenoxy) is 4. The first-order chi connectivity index (χ1) is 28.8. The third kappa shape index (κ3) is 12.4. The predicted molar refractivity (Wildman–Crippen MR) is 219 cm³/mol. The lowest BCUT2D eigenvalue weighted by Gasteiger charge is -2.31. The van der Waals surface area contributed by atoms with Crippen LogP contribution in [0.1, 0.15) is 37.0 Å². The van der Waals surface area contributed by atoms with Crippen LogP contribution in [-0.4, -0.2) is 86.0 Å². The summed E-state index contributed by atoms with van der Waals surface area (Å²) in [7, 11) is -8.13. The van der Waals surface area contributed by atoms with Gasteiger partial charge in [0.1, 0.15) is 11.9 Å². The Morgan fingerprint density at radius 1 is 0.917 bits per heavy atom. The maximum atomic E-state index is 13.9. The molecule has 2 N–H and O–H groups in total. The van der Waals surface area contributed by atoms with E-state index in [4.69, 9.17) is 28.0 Å². The fourth-order valence-corrected chi connectivity index (χ4v) is 9.69. The molecule has 0 aromatic heterocycles. The van der Waals surface area contributed by atoms with Gasteiger partial charge in [-0.2, -0.15) is 4.31 Å². The molecule has 1 amide bonds. The van der Waals surface area contributed by atoms with Crippen LogP contribution in [0.2, 0.25) is 0 Å². The Balaban J connectivity index is 1.17. The second kappa shape index (κ2) is 20.7. The lowest BCUT2D eigenvalue weighted by atomic mass is 10.0. The van der Waals surface area contributed by atoms with Gasteiger partial charge in [-0.05, 0) is 53.6 Å². The van der Waals surface area contributed by atoms with Crippen molar-refractivity contribution >= 4 is 29.4 Å². The van der Waals surface area contributed by atoms with E-state index in [2.05, 4.69) is 5.32 Å². The predicted octanol–water partition coefficient (Wildman–Crippen LogP) is 6.66. The van der Waals surface area contributed by atoms with Crippen molar-refractivity contribution in [3.8, 4) is 5.75 Å². The van der Waals surface area contributed by atoms with Gasteiger partial charge in [0.15, 0.2) is 12.6 Å². The first-order valence-corrected chi connectivity index (χ1v) is 22.8. The molecule has 18 heteroatoms. The summed E-state index contributed by atoms with van der Waals surface area (Å²) in [5, 5.41) is 26.0. The van der Waals surface area contributed by atoms with E-state index in [1.54, 1.807) is 38.1 Å². The number of sulfonamides is 1. The number of amides is 1. The highest BCUT2D eigenvalue weighted by molar-refractivity contribution is 7.89. The summed E-state index contributed by atoms with van der Waals surface area (Å²) >= 11 is 0. The SMILES string of the molecule is CC(C)CN(C[C@@H](O)[C@H](Cc1ccc(OCP(=O)(OCc2ccccc2)OCc2ccccc2)cc1)NC(=O)O[C@H]1CO[C@H]2OCC[C@H]21)S(=O)(=O)c1cccc([N+](=O)[O-])c1. The highest BCUT2D eigenvalue weighted by Crippen LogP contribution is 2.50. The summed E-state index contributed by atoms with van der Waals surface area (Å²) in [6.45, 7) is 3.81. The van der Waals surface area contributed by atoms with E-state index in [0.717, 1.165) is 21.5 Å². The summed E-state index contributed by atoms with van der Waals surface area (Å²) in [6, 6.07) is 28.8. The standard InChI is InChI=1S/C42H50N3O13PS/c1-30(2)24-44(60(51,52)36-15-9-14-34(23-36)45(48)49)25-39(46)38(43-42(47)58-40-28-54-41-37(40)20-21-53-41)22-31-16-18-35(19-17-31)55-29-59(50,56-26-32-10-5-3-6-11-32)57-27-33-12-7-4-8-13-33/h3-19,23,30,37-41,46H,20-22,24-29H2,1-2H3,(H,43,47)/t37-,38-,39+,40-,41+/m0/s1. The lowest BCUT2D eigenvalue weighted by Crippen LogP contribution is -2.51. The van der Waals surface area contributed by atoms with Crippen molar-refractivity contribution in [3.05, 3.63) is 136 Å². The minimum Gasteiger partial charge on any atom is -0.481 e. The van der Waals surface area contributed by atoms with E-state index in [0.29, 0.717) is 24.3 Å². The molecule has 60 heavy (non-hydrogen) atoms. The molecule has 0 aliphatic carbocycles. The number of nitrogens with zero attached hydrogens (tertiary/aromatic N) is 2. The van der Waals surface area contributed by atoms with Gasteiger partial charge in [0.05, 0.1) is 54.3 Å². The summed E-state index contributed by atoms with van der Waals surface area (Å²) in [5.74, 6) is 0.00756. The first-order valence-electron chi connectivity index (χ1n) is 19.6. The minimum atomic E-state index is -4.34. The molecule has 4 aromatic rings. The molecule has 4 aromatic carbocycles. The molecule has 2 aliphatic rings. The van der Waals surface area contributed by atoms with E-state index in [9.17, 15) is 33.0 Å². The molecule has 2 saturated heterocycles. The molecule has 0 bridgehead atoms. The van der Waals surface area contributed by atoms with E-state index in [1.807, 2.05) is 60.7 Å². The molecule has 5 atom stereocenters. The van der Waals surface area contributed by atoms with Crippen LogP contribution in [0.3, 0.4) is 0 Å². The summed E-state index contributed by atoms with van der Waals surface area (Å²) in [6.07, 6.45) is -3.06. The van der Waals surface area contributed by atoms with Crippen molar-refractivity contribution in [2.75, 3.05) is 32.7 Å². The van der Waals surface area contributed by atoms with Crippen molar-refractivity contribution in [2.24, 2.45) is 11.8 Å². The number of non-ortho nitro benzene ring substituents is 1. The number of nitro benzene ring substituents is 1. The number of hydrogen-bond acceptors (Lipinski definition) is 13. The van der Waals surface area contributed by atoms with Gasteiger partial charge in [-0.25, -0.2) is 13.2 Å². The summed E-state index contributed by atoms with van der Waals surface area (Å²) < 4.78 is 77.3. The highest BCUT2D eigenvalue weighted by Gasteiger charge is 2.44. The summed E-state index contributed by atoms with van der Waals surface area (Å²) in [4.78, 5) is 23.9. The lowest BCUT2D eigenvalue weighted by molar-refractivity contribution is -0.385. The van der Waals surface area contributed by atoms with Crippen LogP contribution < -0.4 is 10.1 Å². The molecular formula is C42H50N3O13PS. The Bertz CT molecular complexity index is 2130. The third-order valence-corrected chi connectivity index (χ3v) is 13.3. The van der Waals surface area contributed by atoms with Crippen LogP contribution in [0.4, 0.5) is 10.5 Å². The van der Waals surface area contributed by atoms with E-state index in [1.165, 1.54) is 18.2 Å². The Morgan fingerprint density at radius 2 is 1.57 bits per heavy atom. The van der Waals surface area contributed by atoms with Crippen LogP contribution >= 0.6 is 7.60 Å². The zero-order valence-electron chi connectivity index (χ0n) is 33.3. The van der Waals surface area contributed by atoms with Crippen LogP contribution in [0, 0.1) is 22.0 Å². The number of nitrogens with one attached hydrogen (secondary N) is 1. The van der Waals surface area contributed by atoms with Crippen molar-refractivity contribution in [2.45, 2.75) is 69.3 Å². The molecule has 6 rings (SSSR count). The van der Waals surface area contributed by atoms with Gasteiger partial charge in [0.25, 0.3) is 5.69 Å². The number of nitro groups is 1. The van der Waals surface area contributed by atoms with E-state index < -0.39 is 65.4 Å². The monoisotopic (exact) mass is 867 g/mol. The van der Waals surface area contributed by atoms with Gasteiger partial charge in [0, 0.05) is 25.2 Å². The molecule has 0 spiro atoms. The Kier molecular flexibility index (Phi) is 15.5. The van der Waals surface area contributed by atoms with E-state index >= 15 is 0 Å². The van der Waals surface area contributed by atoms with Crippen LogP contribution in [0.5, 0.6) is 5.75 Å². The van der Waals surface area contributed by atoms with Crippen LogP contribution in [0.25, 0.3) is 0 Å². The number of aliphatic hydroxyl groups excluding tert-OH is 1. The molecule has 2 heterocycles. The molecule has 0 unspecified atom stereocenters. The molecule has 16 nitrogen and oxygen atoms in total. The number of fused-ring (bicyclic) bond motifs is 1. The molecule has 322 valence electrons. The number of hydrogen-bond donors (Lipinski definition) is 2. The number of carbonyl (C=O) groups excluding carboxylic acids is 1. The topological polar surface area (TPSA) is 202 Å². The number of carbonyl (C=O) groups is 1. The van der Waals surface area contributed by atoms with Crippen LogP contribution in [-0.2, 0) is 57.5 Å². The van der Waals surface area contributed by atoms with Crippen LogP contribution in [0.15, 0.2) is 114 Å². The second-order valence-electron chi connectivity index (χ2n) is 15.0. The third-order valence-electron chi connectivity index (χ3n) is 9.95. The molecule has 2 aliphatic heterocycles. The van der Waals surface area contributed by atoms with Gasteiger partial charge in [-0.3, -0.25) is 14.7 Å². The minimum absolute atomic E-state index is 0.0259. The number of alkyl carbamates (subject to hydrolysis) is 1. The Labute approximate surface area is 349 Å². The Morgan fingerprint density at radius 3 is 2.18 bits per heavy atom. The Hall–Kier alpha value is -4.71. The number of benzene rings is 4. The largest absolute Gasteiger partial charge is 0.481 e. The summed E-state index contributed by atoms with van der Waals surface area (Å²) in [5.41, 5.74) is 1.84. The van der Waals surface area contributed by atoms with Crippen molar-refractivity contribution in [3.63, 3.8) is 0 Å². The van der Waals surface area contributed by atoms with Gasteiger partial charge < -0.3 is 38.4 Å². The average Bonchev–Trinajstić information content (AvgIpc) is 3.87. The average molecular weight is 868 g/mol. The smallest absolute Gasteiger partial charge is 0.407 e. The maximum absolute atomic E-state index is 13.9. The maximum Gasteiger partial charge on any atom is 0.407 e. The van der Waals surface area contributed by atoms with Crippen molar-refractivity contribution in [1.29, 1.82) is 0 Å². The first kappa shape index (κ1) is 44.8. The second-order valence-corrected chi connectivity index (χ2v) is 18.9. The normalized spacial score (nSPS) is 18.9. The van der Waals surface area contributed by atoms with Crippen molar-refractivity contribution < 1.29 is 55.8 Å².